The number of benzene rings is 2. The molecule has 5 rings (SSSR count). The lowest BCUT2D eigenvalue weighted by atomic mass is 10.1. The molecule has 1 atom stereocenters. The zero-order chi connectivity index (χ0) is 22.1. The van der Waals surface area contributed by atoms with Crippen molar-refractivity contribution in [2.45, 2.75) is 19.4 Å². The third-order valence-electron chi connectivity index (χ3n) is 5.23. The fraction of sp³-hybridized carbons (Fsp3) is 0.217. The number of para-hydroxylation sites is 1. The molecule has 2 aromatic carbocycles. The van der Waals surface area contributed by atoms with Crippen molar-refractivity contribution in [2.24, 2.45) is 5.10 Å². The van der Waals surface area contributed by atoms with E-state index in [1.54, 1.807) is 5.01 Å². The maximum Gasteiger partial charge on any atom is 0.273 e. The Hall–Kier alpha value is -3.72. The predicted molar refractivity (Wildman–Crippen MR) is 123 cm³/mol. The van der Waals surface area contributed by atoms with E-state index in [0.717, 1.165) is 16.9 Å². The number of nitrogens with zero attached hydrogens (tertiary/aromatic N) is 3. The highest BCUT2D eigenvalue weighted by Gasteiger charge is 2.34. The van der Waals surface area contributed by atoms with Crippen LogP contribution in [0.4, 0.5) is 10.8 Å². The molecule has 32 heavy (non-hydrogen) atoms. The Kier molecular flexibility index (Phi) is 5.32. The number of thiazole rings is 1. The molecule has 0 fully saturated rings. The number of fused-ring (bicyclic) bond motifs is 1. The van der Waals surface area contributed by atoms with Crippen molar-refractivity contribution in [3.63, 3.8) is 0 Å². The number of carbonyl (C=O) groups excluding carboxylic acids is 2. The molecule has 1 N–H and O–H groups in total. The summed E-state index contributed by atoms with van der Waals surface area (Å²) in [6, 6.07) is 14.5. The van der Waals surface area contributed by atoms with Gasteiger partial charge in [0.05, 0.1) is 11.4 Å². The highest BCUT2D eigenvalue weighted by atomic mass is 32.1. The Labute approximate surface area is 188 Å². The average molecular weight is 449 g/mol. The van der Waals surface area contributed by atoms with Crippen LogP contribution in [0.5, 0.6) is 11.5 Å². The Bertz CT molecular complexity index is 1210. The number of ketones is 1. The zero-order valence-electron chi connectivity index (χ0n) is 17.3. The molecule has 162 valence electrons. The van der Waals surface area contributed by atoms with Gasteiger partial charge in [-0.15, -0.1) is 11.3 Å². The van der Waals surface area contributed by atoms with Gasteiger partial charge in [0.1, 0.15) is 25.0 Å². The van der Waals surface area contributed by atoms with Gasteiger partial charge in [-0.1, -0.05) is 18.2 Å². The first-order valence-corrected chi connectivity index (χ1v) is 11.1. The summed E-state index contributed by atoms with van der Waals surface area (Å²) >= 11 is 1.32. The van der Waals surface area contributed by atoms with Crippen molar-refractivity contribution in [3.8, 4) is 22.8 Å². The van der Waals surface area contributed by atoms with Gasteiger partial charge in [-0.2, -0.15) is 5.10 Å². The molecule has 2 aliphatic rings. The lowest BCUT2D eigenvalue weighted by Crippen LogP contribution is -2.33. The number of carbonyl (C=O) groups is 2. The van der Waals surface area contributed by atoms with Crippen LogP contribution >= 0.6 is 11.3 Å². The van der Waals surface area contributed by atoms with E-state index in [9.17, 15) is 9.59 Å². The second-order valence-corrected chi connectivity index (χ2v) is 8.27. The molecule has 0 aliphatic carbocycles. The summed E-state index contributed by atoms with van der Waals surface area (Å²) in [4.78, 5) is 29.5. The molecular weight excluding hydrogens is 428 g/mol. The van der Waals surface area contributed by atoms with E-state index >= 15 is 0 Å². The van der Waals surface area contributed by atoms with Crippen LogP contribution in [0, 0.1) is 0 Å². The van der Waals surface area contributed by atoms with Crippen molar-refractivity contribution in [3.05, 3.63) is 53.9 Å². The Morgan fingerprint density at radius 1 is 1.09 bits per heavy atom. The Morgan fingerprint density at radius 2 is 1.88 bits per heavy atom. The number of ether oxygens (including phenoxy) is 2. The predicted octanol–water partition coefficient (Wildman–Crippen LogP) is 3.74. The number of anilines is 2. The summed E-state index contributed by atoms with van der Waals surface area (Å²) in [6.07, 6.45) is 0.246. The summed E-state index contributed by atoms with van der Waals surface area (Å²) in [6.45, 7) is 2.56. The smallest absolute Gasteiger partial charge is 0.273 e. The minimum atomic E-state index is -0.497. The third-order valence-corrected chi connectivity index (χ3v) is 5.98. The normalized spacial score (nSPS) is 17.1. The second-order valence-electron chi connectivity index (χ2n) is 7.41. The van der Waals surface area contributed by atoms with Crippen LogP contribution in [0.1, 0.15) is 13.3 Å². The zero-order valence-corrected chi connectivity index (χ0v) is 18.1. The monoisotopic (exact) mass is 448 g/mol. The number of hydrogen-bond donors (Lipinski definition) is 1. The van der Waals surface area contributed by atoms with Crippen molar-refractivity contribution < 1.29 is 19.1 Å². The van der Waals surface area contributed by atoms with Crippen molar-refractivity contribution >= 4 is 39.6 Å². The summed E-state index contributed by atoms with van der Waals surface area (Å²) in [5.74, 6) is 0.989. The number of amides is 1. The fourth-order valence-corrected chi connectivity index (χ4v) is 4.33. The topological polar surface area (TPSA) is 93.1 Å². The largest absolute Gasteiger partial charge is 0.486 e. The van der Waals surface area contributed by atoms with Crippen LogP contribution in [-0.2, 0) is 9.59 Å². The molecule has 1 aromatic heterocycles. The number of nitrogens with one attached hydrogen (secondary N) is 1. The van der Waals surface area contributed by atoms with Gasteiger partial charge in [0, 0.05) is 17.4 Å². The van der Waals surface area contributed by atoms with Crippen LogP contribution in [0.2, 0.25) is 0 Å². The standard InChI is InChI=1S/C23H20N4O4S/c1-14(28)19-12-17(26-27(19)16-5-3-2-4-6-16)22(29)25-23-24-18(13-32-23)15-7-8-20-21(11-15)31-10-9-30-20/h2-8,11,13,19H,9-10,12H2,1H3,(H,24,25,29)/t19-/m1/s1. The quantitative estimate of drug-likeness (QED) is 0.639. The van der Waals surface area contributed by atoms with Gasteiger partial charge in [0.2, 0.25) is 0 Å². The van der Waals surface area contributed by atoms with Gasteiger partial charge in [0.25, 0.3) is 5.91 Å². The van der Waals surface area contributed by atoms with E-state index in [-0.39, 0.29) is 18.1 Å². The highest BCUT2D eigenvalue weighted by molar-refractivity contribution is 7.14. The molecule has 3 heterocycles. The number of hydrogen-bond acceptors (Lipinski definition) is 8. The first kappa shape index (κ1) is 20.2. The number of hydrazone groups is 1. The first-order valence-electron chi connectivity index (χ1n) is 10.2. The molecule has 9 heteroatoms. The van der Waals surface area contributed by atoms with Gasteiger partial charge in [-0.25, -0.2) is 4.98 Å². The molecule has 2 aliphatic heterocycles. The van der Waals surface area contributed by atoms with Crippen molar-refractivity contribution in [1.29, 1.82) is 0 Å². The number of aromatic nitrogens is 1. The Balaban J connectivity index is 1.32. The van der Waals surface area contributed by atoms with Crippen molar-refractivity contribution in [1.82, 2.24) is 4.98 Å². The van der Waals surface area contributed by atoms with Crippen LogP contribution in [0.25, 0.3) is 11.3 Å². The van der Waals surface area contributed by atoms with Gasteiger partial charge in [0.15, 0.2) is 22.4 Å². The summed E-state index contributed by atoms with van der Waals surface area (Å²) in [7, 11) is 0. The molecule has 0 saturated heterocycles. The number of Topliss-reactive ketones (excluding diaryl/α,β-unsaturated/α-hetero) is 1. The fourth-order valence-electron chi connectivity index (χ4n) is 3.62. The van der Waals surface area contributed by atoms with Crippen LogP contribution < -0.4 is 19.8 Å². The van der Waals surface area contributed by atoms with E-state index in [2.05, 4.69) is 15.4 Å². The minimum Gasteiger partial charge on any atom is -0.486 e. The summed E-state index contributed by atoms with van der Waals surface area (Å²) in [5, 5.41) is 11.2. The maximum absolute atomic E-state index is 12.8. The SMILES string of the molecule is CC(=O)[C@H]1CC(C(=O)Nc2nc(-c3ccc4c(c3)OCCO4)cs2)=NN1c1ccccc1. The van der Waals surface area contributed by atoms with Crippen LogP contribution in [0.15, 0.2) is 59.0 Å². The highest BCUT2D eigenvalue weighted by Crippen LogP contribution is 2.35. The molecule has 0 spiro atoms. The molecule has 8 nitrogen and oxygen atoms in total. The van der Waals surface area contributed by atoms with Gasteiger partial charge in [-0.3, -0.25) is 19.9 Å². The van der Waals surface area contributed by atoms with Crippen LogP contribution in [0.3, 0.4) is 0 Å². The van der Waals surface area contributed by atoms with Gasteiger partial charge < -0.3 is 9.47 Å². The van der Waals surface area contributed by atoms with Crippen LogP contribution in [-0.4, -0.2) is 41.6 Å². The van der Waals surface area contributed by atoms with E-state index < -0.39 is 6.04 Å². The van der Waals surface area contributed by atoms with Gasteiger partial charge in [-0.05, 0) is 37.3 Å². The van der Waals surface area contributed by atoms with E-state index in [4.69, 9.17) is 9.47 Å². The molecule has 0 radical (unpaired) electrons. The van der Waals surface area contributed by atoms with E-state index in [1.165, 1.54) is 18.3 Å². The van der Waals surface area contributed by atoms with Crippen molar-refractivity contribution in [2.75, 3.05) is 23.5 Å². The lowest BCUT2D eigenvalue weighted by Gasteiger charge is -2.20. The average Bonchev–Trinajstić information content (AvgIpc) is 3.47. The lowest BCUT2D eigenvalue weighted by molar-refractivity contribution is -0.118. The molecule has 0 saturated carbocycles. The third kappa shape index (κ3) is 3.94. The molecule has 0 bridgehead atoms. The van der Waals surface area contributed by atoms with E-state index in [0.29, 0.717) is 35.6 Å². The van der Waals surface area contributed by atoms with Gasteiger partial charge >= 0.3 is 0 Å². The molecule has 1 amide bonds. The number of rotatable bonds is 5. The second kappa shape index (κ2) is 8.43. The minimum absolute atomic E-state index is 0.0458. The first-order chi connectivity index (χ1) is 15.6. The molecule has 0 unspecified atom stereocenters. The molecule has 3 aromatic rings. The maximum atomic E-state index is 12.8. The molecular formula is C23H20N4O4S. The summed E-state index contributed by atoms with van der Waals surface area (Å²) < 4.78 is 11.2. The summed E-state index contributed by atoms with van der Waals surface area (Å²) in [5.41, 5.74) is 2.66. The Morgan fingerprint density at radius 3 is 2.66 bits per heavy atom. The van der Waals surface area contributed by atoms with E-state index in [1.807, 2.05) is 53.9 Å².